The minimum atomic E-state index is 0.415. The third-order valence-corrected chi connectivity index (χ3v) is 6.41. The van der Waals surface area contributed by atoms with E-state index in [1.807, 2.05) is 31.3 Å². The van der Waals surface area contributed by atoms with E-state index in [-0.39, 0.29) is 0 Å². The van der Waals surface area contributed by atoms with E-state index in [0.717, 1.165) is 24.9 Å². The van der Waals surface area contributed by atoms with Crippen LogP contribution in [0.5, 0.6) is 0 Å². The number of hydrogen-bond donors (Lipinski definition) is 0. The van der Waals surface area contributed by atoms with E-state index in [1.165, 1.54) is 26.6 Å². The molecule has 0 amide bonds. The van der Waals surface area contributed by atoms with Crippen LogP contribution < -0.4 is 0 Å². The van der Waals surface area contributed by atoms with Crippen LogP contribution in [0, 0.1) is 13.8 Å². The van der Waals surface area contributed by atoms with Crippen molar-refractivity contribution in [3.8, 4) is 0 Å². The number of aliphatic imine (C=N–C) groups is 1. The zero-order chi connectivity index (χ0) is 17.9. The first kappa shape index (κ1) is 19.5. The number of benzene rings is 1. The fourth-order valence-corrected chi connectivity index (χ4v) is 4.40. The van der Waals surface area contributed by atoms with E-state index in [9.17, 15) is 0 Å². The molecule has 3 rings (SSSR count). The van der Waals surface area contributed by atoms with Crippen molar-refractivity contribution in [1.82, 2.24) is 0 Å². The number of nitrogens with zero attached hydrogens (tertiary/aromatic N) is 1. The van der Waals surface area contributed by atoms with Crippen LogP contribution in [0.1, 0.15) is 59.6 Å². The Kier molecular flexibility index (Phi) is 6.91. The molecule has 2 heterocycles. The Bertz CT molecular complexity index is 727. The van der Waals surface area contributed by atoms with E-state index < -0.39 is 0 Å². The average Bonchev–Trinajstić information content (AvgIpc) is 3.19. The van der Waals surface area contributed by atoms with E-state index in [1.54, 1.807) is 0 Å². The van der Waals surface area contributed by atoms with Crippen molar-refractivity contribution in [2.45, 2.75) is 53.4 Å². The lowest BCUT2D eigenvalue weighted by molar-refractivity contribution is 0.777. The summed E-state index contributed by atoms with van der Waals surface area (Å²) < 4.78 is 0. The number of rotatable bonds is 3. The summed E-state index contributed by atoms with van der Waals surface area (Å²) in [5.74, 6) is 0.415. The summed E-state index contributed by atoms with van der Waals surface area (Å²) in [4.78, 5) is 7.47. The van der Waals surface area contributed by atoms with Gasteiger partial charge >= 0.3 is 0 Å². The van der Waals surface area contributed by atoms with Crippen molar-refractivity contribution in [3.63, 3.8) is 0 Å². The van der Waals surface area contributed by atoms with E-state index in [0.29, 0.717) is 16.0 Å². The van der Waals surface area contributed by atoms with E-state index in [2.05, 4.69) is 32.9 Å². The zero-order valence-electron chi connectivity index (χ0n) is 15.0. The number of aryl methyl sites for hydroxylation is 3. The van der Waals surface area contributed by atoms with Gasteiger partial charge < -0.3 is 0 Å². The summed E-state index contributed by atoms with van der Waals surface area (Å²) in [7, 11) is 0. The smallest absolute Gasteiger partial charge is 0.0624 e. The third-order valence-electron chi connectivity index (χ3n) is 4.37. The normalized spacial score (nSPS) is 16.6. The molecule has 1 aromatic heterocycles. The second-order valence-corrected chi connectivity index (χ2v) is 7.91. The monoisotopic (exact) mass is 381 g/mol. The van der Waals surface area contributed by atoms with Gasteiger partial charge in [0.1, 0.15) is 0 Å². The fourth-order valence-electron chi connectivity index (χ4n) is 2.86. The van der Waals surface area contributed by atoms with Gasteiger partial charge in [-0.05, 0) is 55.5 Å². The van der Waals surface area contributed by atoms with Gasteiger partial charge in [0.25, 0.3) is 0 Å². The molecule has 0 radical (unpaired) electrons. The van der Waals surface area contributed by atoms with Gasteiger partial charge in [-0.1, -0.05) is 50.0 Å². The lowest BCUT2D eigenvalue weighted by atomic mass is 9.93. The second kappa shape index (κ2) is 8.51. The van der Waals surface area contributed by atoms with Crippen molar-refractivity contribution in [2.75, 3.05) is 6.54 Å². The summed E-state index contributed by atoms with van der Waals surface area (Å²) in [5.41, 5.74) is 4.97. The summed E-state index contributed by atoms with van der Waals surface area (Å²) in [6, 6.07) is 6.47. The summed E-state index contributed by atoms with van der Waals surface area (Å²) >= 11 is 14.4. The lowest BCUT2D eigenvalue weighted by Crippen LogP contribution is -2.02. The Morgan fingerprint density at radius 2 is 1.88 bits per heavy atom. The van der Waals surface area contributed by atoms with Crippen LogP contribution in [0.15, 0.2) is 23.2 Å². The van der Waals surface area contributed by atoms with Crippen molar-refractivity contribution in [3.05, 3.63) is 54.7 Å². The molecule has 130 valence electrons. The first-order valence-corrected chi connectivity index (χ1v) is 10.1. The lowest BCUT2D eigenvalue weighted by Gasteiger charge is -2.13. The third kappa shape index (κ3) is 4.04. The highest BCUT2D eigenvalue weighted by Gasteiger charge is 2.24. The molecule has 1 aromatic carbocycles. The van der Waals surface area contributed by atoms with Crippen molar-refractivity contribution < 1.29 is 0 Å². The van der Waals surface area contributed by atoms with Crippen LogP contribution in [-0.2, 0) is 6.42 Å². The van der Waals surface area contributed by atoms with Crippen molar-refractivity contribution in [1.29, 1.82) is 0 Å². The minimum Gasteiger partial charge on any atom is -0.288 e. The molecule has 1 nitrogen and oxygen atoms in total. The molecule has 0 aliphatic carbocycles. The first-order valence-electron chi connectivity index (χ1n) is 8.58. The van der Waals surface area contributed by atoms with E-state index >= 15 is 0 Å². The zero-order valence-corrected chi connectivity index (χ0v) is 17.4. The fraction of sp³-hybridized carbons (Fsp3) is 0.450. The van der Waals surface area contributed by atoms with Gasteiger partial charge in [-0.25, -0.2) is 0 Å². The van der Waals surface area contributed by atoms with Gasteiger partial charge in [0.2, 0.25) is 0 Å². The molecular formula is C20H25Cl2NS. The maximum absolute atomic E-state index is 6.29. The molecule has 1 unspecified atom stereocenters. The van der Waals surface area contributed by atoms with Gasteiger partial charge in [0, 0.05) is 22.2 Å². The number of hydrogen-bond acceptors (Lipinski definition) is 2. The first-order chi connectivity index (χ1) is 11.5. The molecule has 1 aliphatic heterocycles. The Labute approximate surface area is 159 Å². The van der Waals surface area contributed by atoms with Crippen LogP contribution in [-0.4, -0.2) is 12.3 Å². The van der Waals surface area contributed by atoms with Gasteiger partial charge in [-0.3, -0.25) is 4.99 Å². The predicted octanol–water partition coefficient (Wildman–Crippen LogP) is 7.24. The molecule has 0 fully saturated rings. The molecule has 1 aliphatic rings. The molecule has 1 atom stereocenters. The molecule has 0 spiro atoms. The standard InChI is InChI=1S/C18H19Cl2NS.C2H6/c1-4-12-6-13(7-15(19)18(12)20)14-8-16(21-9-14)17-5-10(2)11(3)22-17;1-2/h5-7,14H,4,8-9H2,1-3H3;1-2H3. The molecule has 0 bridgehead atoms. The quantitative estimate of drug-likeness (QED) is 0.531. The summed E-state index contributed by atoms with van der Waals surface area (Å²) in [6.07, 6.45) is 1.89. The van der Waals surface area contributed by atoms with Gasteiger partial charge in [0.15, 0.2) is 0 Å². The van der Waals surface area contributed by atoms with Crippen molar-refractivity contribution >= 4 is 40.3 Å². The number of thiophene rings is 1. The SMILES string of the molecule is CC.CCc1cc(C2CN=C(c3cc(C)c(C)s3)C2)cc(Cl)c1Cl. The van der Waals surface area contributed by atoms with Crippen LogP contribution in [0.25, 0.3) is 0 Å². The Morgan fingerprint density at radius 1 is 1.17 bits per heavy atom. The van der Waals surface area contributed by atoms with Gasteiger partial charge in [-0.2, -0.15) is 0 Å². The minimum absolute atomic E-state index is 0.415. The Morgan fingerprint density at radius 3 is 2.46 bits per heavy atom. The molecular weight excluding hydrogens is 357 g/mol. The highest BCUT2D eigenvalue weighted by Crippen LogP contribution is 2.36. The summed E-state index contributed by atoms with van der Waals surface area (Å²) in [6.45, 7) is 11.3. The molecule has 0 saturated heterocycles. The molecule has 4 heteroatoms. The van der Waals surface area contributed by atoms with Crippen LogP contribution >= 0.6 is 34.5 Å². The van der Waals surface area contributed by atoms with Gasteiger partial charge in [0.05, 0.1) is 15.8 Å². The molecule has 0 saturated carbocycles. The molecule has 0 N–H and O–H groups in total. The highest BCUT2D eigenvalue weighted by molar-refractivity contribution is 7.14. The van der Waals surface area contributed by atoms with Crippen LogP contribution in [0.4, 0.5) is 0 Å². The van der Waals surface area contributed by atoms with Gasteiger partial charge in [-0.15, -0.1) is 11.3 Å². The second-order valence-electron chi connectivity index (χ2n) is 5.87. The predicted molar refractivity (Wildman–Crippen MR) is 110 cm³/mol. The molecule has 24 heavy (non-hydrogen) atoms. The van der Waals surface area contributed by atoms with E-state index in [4.69, 9.17) is 28.2 Å². The Balaban J connectivity index is 0.00000100. The average molecular weight is 382 g/mol. The largest absolute Gasteiger partial charge is 0.288 e. The maximum atomic E-state index is 6.29. The van der Waals surface area contributed by atoms with Crippen LogP contribution in [0.2, 0.25) is 10.0 Å². The number of halogens is 2. The highest BCUT2D eigenvalue weighted by atomic mass is 35.5. The maximum Gasteiger partial charge on any atom is 0.0624 e. The summed E-state index contributed by atoms with van der Waals surface area (Å²) in [5, 5.41) is 1.35. The topological polar surface area (TPSA) is 12.4 Å². The Hall–Kier alpha value is -0.830. The van der Waals surface area contributed by atoms with Crippen molar-refractivity contribution in [2.24, 2.45) is 4.99 Å². The van der Waals surface area contributed by atoms with Crippen LogP contribution in [0.3, 0.4) is 0 Å². The molecule has 2 aromatic rings.